The number of rotatable bonds is 6. The molecule has 1 N–H and O–H groups in total. The molecule has 1 aliphatic rings. The third kappa shape index (κ3) is 4.53. The second-order valence-corrected chi connectivity index (χ2v) is 6.01. The Morgan fingerprint density at radius 2 is 2.00 bits per heavy atom. The SMILES string of the molecule is CC(=O)N1CCOc2cc(NC(=O)CCCOc3ccccc3)ccc21. The van der Waals surface area contributed by atoms with Gasteiger partial charge in [-0.05, 0) is 30.7 Å². The van der Waals surface area contributed by atoms with Crippen molar-refractivity contribution in [1.29, 1.82) is 0 Å². The molecule has 6 nitrogen and oxygen atoms in total. The highest BCUT2D eigenvalue weighted by Crippen LogP contribution is 2.34. The number of carbonyl (C=O) groups excluding carboxylic acids is 2. The van der Waals surface area contributed by atoms with E-state index in [2.05, 4.69) is 5.32 Å². The molecule has 0 bridgehead atoms. The number of hydrogen-bond donors (Lipinski definition) is 1. The molecule has 2 amide bonds. The molecule has 2 aromatic carbocycles. The highest BCUT2D eigenvalue weighted by molar-refractivity contribution is 5.95. The van der Waals surface area contributed by atoms with Crippen LogP contribution in [-0.4, -0.2) is 31.6 Å². The average Bonchev–Trinajstić information content (AvgIpc) is 2.65. The Bertz CT molecular complexity index is 777. The average molecular weight is 354 g/mol. The quantitative estimate of drug-likeness (QED) is 0.809. The molecule has 0 fully saturated rings. The summed E-state index contributed by atoms with van der Waals surface area (Å²) in [6.45, 7) is 3.00. The molecule has 1 heterocycles. The van der Waals surface area contributed by atoms with Gasteiger partial charge in [-0.15, -0.1) is 0 Å². The Kier molecular flexibility index (Phi) is 5.73. The van der Waals surface area contributed by atoms with Crippen LogP contribution in [0.3, 0.4) is 0 Å². The van der Waals surface area contributed by atoms with Crippen molar-refractivity contribution in [2.75, 3.05) is 30.0 Å². The number of nitrogens with zero attached hydrogens (tertiary/aromatic N) is 1. The van der Waals surface area contributed by atoms with E-state index in [0.717, 1.165) is 11.4 Å². The fourth-order valence-electron chi connectivity index (χ4n) is 2.79. The highest BCUT2D eigenvalue weighted by atomic mass is 16.5. The summed E-state index contributed by atoms with van der Waals surface area (Å²) in [5.74, 6) is 1.30. The predicted octanol–water partition coefficient (Wildman–Crippen LogP) is 3.23. The summed E-state index contributed by atoms with van der Waals surface area (Å²) in [7, 11) is 0. The minimum absolute atomic E-state index is 0.0234. The van der Waals surface area contributed by atoms with Crippen LogP contribution in [0.5, 0.6) is 11.5 Å². The van der Waals surface area contributed by atoms with Crippen molar-refractivity contribution in [2.24, 2.45) is 0 Å². The summed E-state index contributed by atoms with van der Waals surface area (Å²) in [6.07, 6.45) is 0.991. The molecule has 0 radical (unpaired) electrons. The molecule has 0 atom stereocenters. The van der Waals surface area contributed by atoms with Crippen molar-refractivity contribution in [3.8, 4) is 11.5 Å². The number of anilines is 2. The molecule has 0 saturated carbocycles. The molecule has 26 heavy (non-hydrogen) atoms. The number of nitrogens with one attached hydrogen (secondary N) is 1. The van der Waals surface area contributed by atoms with Crippen molar-refractivity contribution in [1.82, 2.24) is 0 Å². The Labute approximate surface area is 152 Å². The maximum absolute atomic E-state index is 12.1. The van der Waals surface area contributed by atoms with Crippen LogP contribution in [-0.2, 0) is 9.59 Å². The molecule has 2 aromatic rings. The Morgan fingerprint density at radius 3 is 2.77 bits per heavy atom. The van der Waals surface area contributed by atoms with Crippen molar-refractivity contribution >= 4 is 23.2 Å². The number of hydrogen-bond acceptors (Lipinski definition) is 4. The highest BCUT2D eigenvalue weighted by Gasteiger charge is 2.21. The monoisotopic (exact) mass is 354 g/mol. The summed E-state index contributed by atoms with van der Waals surface area (Å²) in [4.78, 5) is 25.4. The Morgan fingerprint density at radius 1 is 1.19 bits per heavy atom. The molecule has 0 aromatic heterocycles. The summed E-state index contributed by atoms with van der Waals surface area (Å²) in [5.41, 5.74) is 1.39. The van der Waals surface area contributed by atoms with Gasteiger partial charge in [0.25, 0.3) is 0 Å². The van der Waals surface area contributed by atoms with Crippen molar-refractivity contribution < 1.29 is 19.1 Å². The van der Waals surface area contributed by atoms with Crippen LogP contribution in [0.2, 0.25) is 0 Å². The molecule has 0 saturated heterocycles. The number of amides is 2. The van der Waals surface area contributed by atoms with Crippen LogP contribution in [0, 0.1) is 0 Å². The molecule has 3 rings (SSSR count). The van der Waals surface area contributed by atoms with Gasteiger partial charge in [0.15, 0.2) is 0 Å². The first-order chi connectivity index (χ1) is 12.6. The smallest absolute Gasteiger partial charge is 0.224 e. The number of fused-ring (bicyclic) bond motifs is 1. The van der Waals surface area contributed by atoms with Gasteiger partial charge in [0, 0.05) is 25.1 Å². The number of para-hydroxylation sites is 1. The summed E-state index contributed by atoms with van der Waals surface area (Å²) < 4.78 is 11.2. The minimum Gasteiger partial charge on any atom is -0.494 e. The van der Waals surface area contributed by atoms with E-state index in [0.29, 0.717) is 44.0 Å². The fourth-order valence-corrected chi connectivity index (χ4v) is 2.79. The zero-order chi connectivity index (χ0) is 18.4. The summed E-state index contributed by atoms with van der Waals surface area (Å²) in [5, 5.41) is 2.86. The maximum Gasteiger partial charge on any atom is 0.224 e. The normalized spacial score (nSPS) is 12.7. The largest absolute Gasteiger partial charge is 0.494 e. The van der Waals surface area contributed by atoms with Crippen LogP contribution in [0.15, 0.2) is 48.5 Å². The second kappa shape index (κ2) is 8.38. The topological polar surface area (TPSA) is 67.9 Å². The van der Waals surface area contributed by atoms with Crippen molar-refractivity contribution in [3.05, 3.63) is 48.5 Å². The van der Waals surface area contributed by atoms with Gasteiger partial charge < -0.3 is 19.7 Å². The van der Waals surface area contributed by atoms with E-state index in [1.807, 2.05) is 30.3 Å². The lowest BCUT2D eigenvalue weighted by Gasteiger charge is -2.29. The van der Waals surface area contributed by atoms with Crippen LogP contribution in [0.25, 0.3) is 0 Å². The van der Waals surface area contributed by atoms with E-state index in [1.54, 1.807) is 23.1 Å². The van der Waals surface area contributed by atoms with Gasteiger partial charge in [0.2, 0.25) is 11.8 Å². The van der Waals surface area contributed by atoms with E-state index in [1.165, 1.54) is 6.92 Å². The summed E-state index contributed by atoms with van der Waals surface area (Å²) in [6, 6.07) is 14.8. The first kappa shape index (κ1) is 17.8. The molecular weight excluding hydrogens is 332 g/mol. The second-order valence-electron chi connectivity index (χ2n) is 6.01. The number of ether oxygens (including phenoxy) is 2. The zero-order valence-corrected chi connectivity index (χ0v) is 14.7. The van der Waals surface area contributed by atoms with E-state index in [4.69, 9.17) is 9.47 Å². The van der Waals surface area contributed by atoms with Crippen molar-refractivity contribution in [3.63, 3.8) is 0 Å². The first-order valence-corrected chi connectivity index (χ1v) is 8.66. The van der Waals surface area contributed by atoms with Gasteiger partial charge in [0.05, 0.1) is 18.8 Å². The molecule has 0 spiro atoms. The lowest BCUT2D eigenvalue weighted by atomic mass is 10.2. The molecule has 0 unspecified atom stereocenters. The van der Waals surface area contributed by atoms with Crippen LogP contribution in [0.4, 0.5) is 11.4 Å². The van der Waals surface area contributed by atoms with Gasteiger partial charge in [0.1, 0.15) is 18.1 Å². The Hall–Kier alpha value is -3.02. The predicted molar refractivity (Wildman–Crippen MR) is 99.8 cm³/mol. The summed E-state index contributed by atoms with van der Waals surface area (Å²) >= 11 is 0. The molecular formula is C20H22N2O4. The van der Waals surface area contributed by atoms with E-state index >= 15 is 0 Å². The standard InChI is InChI=1S/C20H22N2O4/c1-15(23)22-11-13-26-19-14-16(9-10-18(19)22)21-20(24)8-5-12-25-17-6-3-2-4-7-17/h2-4,6-7,9-10,14H,5,8,11-13H2,1H3,(H,21,24). The minimum atomic E-state index is -0.0826. The van der Waals surface area contributed by atoms with E-state index in [-0.39, 0.29) is 11.8 Å². The van der Waals surface area contributed by atoms with Gasteiger partial charge in [-0.3, -0.25) is 9.59 Å². The van der Waals surface area contributed by atoms with E-state index in [9.17, 15) is 9.59 Å². The van der Waals surface area contributed by atoms with Crippen molar-refractivity contribution in [2.45, 2.75) is 19.8 Å². The molecule has 136 valence electrons. The lowest BCUT2D eigenvalue weighted by molar-refractivity contribution is -0.117. The van der Waals surface area contributed by atoms with E-state index < -0.39 is 0 Å². The number of benzene rings is 2. The zero-order valence-electron chi connectivity index (χ0n) is 14.7. The van der Waals surface area contributed by atoms with Crippen LogP contribution in [0.1, 0.15) is 19.8 Å². The van der Waals surface area contributed by atoms with Gasteiger partial charge >= 0.3 is 0 Å². The number of carbonyl (C=O) groups is 2. The third-order valence-corrected chi connectivity index (χ3v) is 4.05. The van der Waals surface area contributed by atoms with Gasteiger partial charge in [-0.2, -0.15) is 0 Å². The van der Waals surface area contributed by atoms with Crippen LogP contribution < -0.4 is 19.7 Å². The fraction of sp³-hybridized carbons (Fsp3) is 0.300. The van der Waals surface area contributed by atoms with Gasteiger partial charge in [-0.25, -0.2) is 0 Å². The first-order valence-electron chi connectivity index (χ1n) is 8.66. The molecule has 0 aliphatic carbocycles. The van der Waals surface area contributed by atoms with Crippen LogP contribution >= 0.6 is 0 Å². The third-order valence-electron chi connectivity index (χ3n) is 4.05. The Balaban J connectivity index is 1.49. The van der Waals surface area contributed by atoms with Gasteiger partial charge in [-0.1, -0.05) is 18.2 Å². The lowest BCUT2D eigenvalue weighted by Crippen LogP contribution is -2.36. The maximum atomic E-state index is 12.1. The molecule has 6 heteroatoms. The molecule has 1 aliphatic heterocycles.